The van der Waals surface area contributed by atoms with Crippen LogP contribution in [0.2, 0.25) is 0 Å². The number of hydrogen-bond donors (Lipinski definition) is 2. The van der Waals surface area contributed by atoms with E-state index in [-0.39, 0.29) is 6.10 Å². The summed E-state index contributed by atoms with van der Waals surface area (Å²) in [5.41, 5.74) is 5.69. The van der Waals surface area contributed by atoms with Gasteiger partial charge in [-0.2, -0.15) is 0 Å². The average molecular weight is 450 g/mol. The number of ether oxygens (including phenoxy) is 2. The second-order valence-electron chi connectivity index (χ2n) is 10.1. The maximum Gasteiger partial charge on any atom is 0.164 e. The van der Waals surface area contributed by atoms with Crippen LogP contribution in [0.15, 0.2) is 18.3 Å². The van der Waals surface area contributed by atoms with Gasteiger partial charge in [0.2, 0.25) is 0 Å². The summed E-state index contributed by atoms with van der Waals surface area (Å²) in [6, 6.07) is 5.13. The molecule has 3 saturated heterocycles. The minimum Gasteiger partial charge on any atom is -0.482 e. The molecule has 7 heteroatoms. The Morgan fingerprint density at radius 1 is 1.06 bits per heavy atom. The lowest BCUT2D eigenvalue weighted by Crippen LogP contribution is -2.58. The van der Waals surface area contributed by atoms with Gasteiger partial charge in [-0.05, 0) is 76.2 Å². The summed E-state index contributed by atoms with van der Waals surface area (Å²) >= 11 is 0. The van der Waals surface area contributed by atoms with Crippen LogP contribution in [0.1, 0.15) is 73.1 Å². The van der Waals surface area contributed by atoms with Crippen molar-refractivity contribution in [1.29, 1.82) is 0 Å². The molecule has 0 aliphatic carbocycles. The molecule has 176 valence electrons. The standard InChI is InChI=1S/C26H35N5O2/c1-16-25-23(13-22(29-16)19-4-9-31(10-5-19)20-14-27-15-20)30-26-24(17(2)33-25)21(3-8-28-26)18-6-11-32-12-7-18/h3,8,13,17-20,27H,4-7,9-12,14-15H2,1-2H3,(H,28,30)/t17-/m1/s1. The van der Waals surface area contributed by atoms with Gasteiger partial charge >= 0.3 is 0 Å². The lowest BCUT2D eigenvalue weighted by molar-refractivity contribution is 0.0846. The quantitative estimate of drug-likeness (QED) is 0.733. The number of fused-ring (bicyclic) bond motifs is 2. The zero-order chi connectivity index (χ0) is 22.4. The van der Waals surface area contributed by atoms with Gasteiger partial charge in [0.15, 0.2) is 5.75 Å². The second-order valence-corrected chi connectivity index (χ2v) is 10.1. The molecule has 4 aliphatic rings. The summed E-state index contributed by atoms with van der Waals surface area (Å²) in [6.45, 7) is 10.5. The van der Waals surface area contributed by atoms with Crippen LogP contribution in [0.25, 0.3) is 0 Å². The SMILES string of the molecule is Cc1nc(C2CCN(C3CNC3)CC2)cc2c1O[C@H](C)c1c(C3CCOCC3)ccnc1N2. The summed E-state index contributed by atoms with van der Waals surface area (Å²) in [7, 11) is 0. The highest BCUT2D eigenvalue weighted by Crippen LogP contribution is 2.44. The number of piperidine rings is 1. The molecule has 0 spiro atoms. The number of nitrogens with zero attached hydrogens (tertiary/aromatic N) is 3. The van der Waals surface area contributed by atoms with Crippen molar-refractivity contribution in [2.24, 2.45) is 0 Å². The summed E-state index contributed by atoms with van der Waals surface area (Å²) < 4.78 is 12.2. The van der Waals surface area contributed by atoms with Crippen LogP contribution in [-0.4, -0.2) is 60.3 Å². The van der Waals surface area contributed by atoms with Crippen LogP contribution in [-0.2, 0) is 4.74 Å². The number of pyridine rings is 2. The normalized spacial score (nSPS) is 24.7. The van der Waals surface area contributed by atoms with Crippen molar-refractivity contribution < 1.29 is 9.47 Å². The highest BCUT2D eigenvalue weighted by Gasteiger charge is 2.32. The number of aromatic nitrogens is 2. The third-order valence-electron chi connectivity index (χ3n) is 8.03. The predicted octanol–water partition coefficient (Wildman–Crippen LogP) is 4.03. The Morgan fingerprint density at radius 3 is 2.58 bits per heavy atom. The van der Waals surface area contributed by atoms with Gasteiger partial charge in [-0.25, -0.2) is 4.98 Å². The number of hydrogen-bond acceptors (Lipinski definition) is 7. The largest absolute Gasteiger partial charge is 0.482 e. The Labute approximate surface area is 196 Å². The lowest BCUT2D eigenvalue weighted by Gasteiger charge is -2.42. The maximum atomic E-state index is 6.55. The van der Waals surface area contributed by atoms with Crippen LogP contribution in [0, 0.1) is 6.92 Å². The topological polar surface area (TPSA) is 71.5 Å². The summed E-state index contributed by atoms with van der Waals surface area (Å²) in [5.74, 6) is 2.78. The lowest BCUT2D eigenvalue weighted by atomic mass is 9.87. The second kappa shape index (κ2) is 8.85. The molecule has 6 rings (SSSR count). The van der Waals surface area contributed by atoms with Gasteiger partial charge in [0.05, 0.1) is 11.4 Å². The first-order chi connectivity index (χ1) is 16.2. The van der Waals surface area contributed by atoms with E-state index in [2.05, 4.69) is 41.5 Å². The van der Waals surface area contributed by atoms with Crippen LogP contribution < -0.4 is 15.4 Å². The summed E-state index contributed by atoms with van der Waals surface area (Å²) in [5, 5.41) is 7.05. The molecule has 1 atom stereocenters. The minimum atomic E-state index is -0.0778. The van der Waals surface area contributed by atoms with Crippen LogP contribution >= 0.6 is 0 Å². The molecule has 2 aromatic heterocycles. The smallest absolute Gasteiger partial charge is 0.164 e. The predicted molar refractivity (Wildman–Crippen MR) is 129 cm³/mol. The molecule has 0 aromatic carbocycles. The third-order valence-corrected chi connectivity index (χ3v) is 8.03. The Balaban J connectivity index is 1.28. The van der Waals surface area contributed by atoms with E-state index in [4.69, 9.17) is 19.4 Å². The van der Waals surface area contributed by atoms with E-state index in [0.717, 1.165) is 81.2 Å². The molecule has 0 saturated carbocycles. The first-order valence-electron chi connectivity index (χ1n) is 12.6. The molecule has 0 bridgehead atoms. The molecular formula is C26H35N5O2. The number of likely N-dealkylation sites (tertiary alicyclic amines) is 1. The fourth-order valence-corrected chi connectivity index (χ4v) is 5.97. The van der Waals surface area contributed by atoms with E-state index in [1.807, 2.05) is 6.20 Å². The van der Waals surface area contributed by atoms with Crippen molar-refractivity contribution in [2.75, 3.05) is 44.7 Å². The van der Waals surface area contributed by atoms with Gasteiger partial charge < -0.3 is 20.1 Å². The van der Waals surface area contributed by atoms with Crippen LogP contribution in [0.5, 0.6) is 5.75 Å². The Hall–Kier alpha value is -2.22. The van der Waals surface area contributed by atoms with Crippen molar-refractivity contribution in [1.82, 2.24) is 20.2 Å². The molecule has 2 aromatic rings. The van der Waals surface area contributed by atoms with Crippen molar-refractivity contribution in [3.05, 3.63) is 40.8 Å². The third kappa shape index (κ3) is 4.00. The minimum absolute atomic E-state index is 0.0778. The summed E-state index contributed by atoms with van der Waals surface area (Å²) in [4.78, 5) is 12.4. The molecule has 7 nitrogen and oxygen atoms in total. The van der Waals surface area contributed by atoms with Crippen molar-refractivity contribution in [3.8, 4) is 5.75 Å². The van der Waals surface area contributed by atoms with Crippen LogP contribution in [0.3, 0.4) is 0 Å². The van der Waals surface area contributed by atoms with Crippen molar-refractivity contribution in [3.63, 3.8) is 0 Å². The zero-order valence-corrected chi connectivity index (χ0v) is 19.8. The van der Waals surface area contributed by atoms with Gasteiger partial charge in [0.1, 0.15) is 11.9 Å². The molecular weight excluding hydrogens is 414 g/mol. The highest BCUT2D eigenvalue weighted by atomic mass is 16.5. The van der Waals surface area contributed by atoms with Gasteiger partial charge in [-0.15, -0.1) is 0 Å². The van der Waals surface area contributed by atoms with Gasteiger partial charge in [-0.3, -0.25) is 9.88 Å². The molecule has 0 radical (unpaired) electrons. The molecule has 33 heavy (non-hydrogen) atoms. The number of anilines is 2. The van der Waals surface area contributed by atoms with Crippen molar-refractivity contribution in [2.45, 2.75) is 63.5 Å². The van der Waals surface area contributed by atoms with E-state index in [1.165, 1.54) is 29.7 Å². The van der Waals surface area contributed by atoms with Crippen LogP contribution in [0.4, 0.5) is 11.5 Å². The molecule has 6 heterocycles. The molecule has 0 unspecified atom stereocenters. The molecule has 0 amide bonds. The van der Waals surface area contributed by atoms with E-state index >= 15 is 0 Å². The first kappa shape index (κ1) is 21.3. The maximum absolute atomic E-state index is 6.55. The fraction of sp³-hybridized carbons (Fsp3) is 0.615. The van der Waals surface area contributed by atoms with E-state index in [0.29, 0.717) is 11.8 Å². The number of rotatable bonds is 3. The number of aryl methyl sites for hydroxylation is 1. The highest BCUT2D eigenvalue weighted by molar-refractivity contribution is 5.70. The van der Waals surface area contributed by atoms with Gasteiger partial charge in [0, 0.05) is 55.7 Å². The Bertz CT molecular complexity index is 1010. The molecule has 2 N–H and O–H groups in total. The van der Waals surface area contributed by atoms with Gasteiger partial charge in [0.25, 0.3) is 0 Å². The van der Waals surface area contributed by atoms with Gasteiger partial charge in [-0.1, -0.05) is 0 Å². The molecule has 4 aliphatic heterocycles. The van der Waals surface area contributed by atoms with Crippen molar-refractivity contribution >= 4 is 11.5 Å². The Kier molecular flexibility index (Phi) is 5.72. The molecule has 3 fully saturated rings. The van der Waals surface area contributed by atoms with E-state index in [1.54, 1.807) is 0 Å². The summed E-state index contributed by atoms with van der Waals surface area (Å²) in [6.07, 6.45) is 6.30. The monoisotopic (exact) mass is 449 g/mol. The zero-order valence-electron chi connectivity index (χ0n) is 19.8. The van der Waals surface area contributed by atoms with E-state index < -0.39 is 0 Å². The average Bonchev–Trinajstić information content (AvgIpc) is 2.95. The fourth-order valence-electron chi connectivity index (χ4n) is 5.97. The first-order valence-corrected chi connectivity index (χ1v) is 12.6. The van der Waals surface area contributed by atoms with E-state index in [9.17, 15) is 0 Å². The Morgan fingerprint density at radius 2 is 1.85 bits per heavy atom. The number of nitrogens with one attached hydrogen (secondary N) is 2.